The molecule has 3 rings (SSSR count). The number of ether oxygens (including phenoxy) is 1. The van der Waals surface area contributed by atoms with Crippen LogP contribution in [0.2, 0.25) is 0 Å². The molecule has 1 aromatic rings. The van der Waals surface area contributed by atoms with Crippen molar-refractivity contribution in [1.82, 2.24) is 5.32 Å². The van der Waals surface area contributed by atoms with E-state index in [1.807, 2.05) is 0 Å². The van der Waals surface area contributed by atoms with Gasteiger partial charge in [0.05, 0.1) is 11.5 Å². The van der Waals surface area contributed by atoms with Crippen LogP contribution in [0.5, 0.6) is 0 Å². The Morgan fingerprint density at radius 1 is 1.37 bits per heavy atom. The summed E-state index contributed by atoms with van der Waals surface area (Å²) in [6.07, 6.45) is 2.85. The van der Waals surface area contributed by atoms with Crippen molar-refractivity contribution in [3.05, 3.63) is 35.4 Å². The van der Waals surface area contributed by atoms with Crippen LogP contribution in [0.25, 0.3) is 0 Å². The third kappa shape index (κ3) is 2.26. The summed E-state index contributed by atoms with van der Waals surface area (Å²) < 4.78 is 5.56. The van der Waals surface area contributed by atoms with Gasteiger partial charge in [-0.2, -0.15) is 0 Å². The van der Waals surface area contributed by atoms with Crippen LogP contribution in [0.1, 0.15) is 36.4 Å². The summed E-state index contributed by atoms with van der Waals surface area (Å²) in [4.78, 5) is 11.0. The van der Waals surface area contributed by atoms with E-state index in [-0.39, 0.29) is 17.6 Å². The molecule has 1 saturated carbocycles. The highest BCUT2D eigenvalue weighted by molar-refractivity contribution is 5.70. The predicted octanol–water partition coefficient (Wildman–Crippen LogP) is 2.06. The number of carbonyl (C=O) groups is 1. The number of aliphatic carboxylic acids is 1. The highest BCUT2D eigenvalue weighted by Crippen LogP contribution is 2.48. The molecule has 4 nitrogen and oxygen atoms in total. The number of rotatable bonds is 4. The third-order valence-corrected chi connectivity index (χ3v) is 4.41. The quantitative estimate of drug-likeness (QED) is 0.871. The van der Waals surface area contributed by atoms with Crippen LogP contribution in [0.4, 0.5) is 0 Å². The first kappa shape index (κ1) is 12.6. The maximum absolute atomic E-state index is 11.0. The van der Waals surface area contributed by atoms with Gasteiger partial charge in [-0.1, -0.05) is 24.3 Å². The molecule has 1 heterocycles. The molecule has 4 heteroatoms. The molecule has 102 valence electrons. The second-order valence-corrected chi connectivity index (χ2v) is 5.55. The Morgan fingerprint density at radius 2 is 2.05 bits per heavy atom. The molecule has 0 spiro atoms. The van der Waals surface area contributed by atoms with E-state index in [4.69, 9.17) is 9.84 Å². The van der Waals surface area contributed by atoms with Crippen molar-refractivity contribution in [2.24, 2.45) is 5.92 Å². The highest BCUT2D eigenvalue weighted by atomic mass is 16.5. The Bertz CT molecular complexity index is 479. The minimum Gasteiger partial charge on any atom is -0.481 e. The molecule has 2 fully saturated rings. The molecule has 2 N–H and O–H groups in total. The molecule has 2 aliphatic rings. The standard InChI is InChI=1S/C15H19NO3/c1-19-15(6-7-15)12-4-2-10(3-5-12)13-8-11(9-16-13)14(17)18/h2-5,11,13,16H,6-9H2,1H3,(H,17,18). The fourth-order valence-electron chi connectivity index (χ4n) is 2.92. The predicted molar refractivity (Wildman–Crippen MR) is 70.8 cm³/mol. The zero-order valence-electron chi connectivity index (χ0n) is 11.1. The summed E-state index contributed by atoms with van der Waals surface area (Å²) in [7, 11) is 1.76. The van der Waals surface area contributed by atoms with Crippen LogP contribution >= 0.6 is 0 Å². The van der Waals surface area contributed by atoms with Gasteiger partial charge in [0.2, 0.25) is 0 Å². The van der Waals surface area contributed by atoms with Gasteiger partial charge in [-0.05, 0) is 30.4 Å². The smallest absolute Gasteiger partial charge is 0.307 e. The first-order valence-corrected chi connectivity index (χ1v) is 6.76. The van der Waals surface area contributed by atoms with Crippen molar-refractivity contribution in [2.75, 3.05) is 13.7 Å². The van der Waals surface area contributed by atoms with Gasteiger partial charge in [-0.15, -0.1) is 0 Å². The van der Waals surface area contributed by atoms with E-state index >= 15 is 0 Å². The van der Waals surface area contributed by atoms with Crippen molar-refractivity contribution in [1.29, 1.82) is 0 Å². The zero-order chi connectivity index (χ0) is 13.5. The van der Waals surface area contributed by atoms with E-state index in [0.29, 0.717) is 13.0 Å². The average Bonchev–Trinajstić information content (AvgIpc) is 3.07. The Balaban J connectivity index is 1.72. The van der Waals surface area contributed by atoms with Crippen molar-refractivity contribution in [3.8, 4) is 0 Å². The molecule has 0 aromatic heterocycles. The van der Waals surface area contributed by atoms with Gasteiger partial charge in [0.15, 0.2) is 0 Å². The van der Waals surface area contributed by atoms with Gasteiger partial charge < -0.3 is 15.2 Å². The summed E-state index contributed by atoms with van der Waals surface area (Å²) in [5, 5.41) is 12.3. The summed E-state index contributed by atoms with van der Waals surface area (Å²) in [5.74, 6) is -0.971. The Hall–Kier alpha value is -1.39. The maximum atomic E-state index is 11.0. The SMILES string of the molecule is COC1(c2ccc(C3CC(C(=O)O)CN3)cc2)CC1. The van der Waals surface area contributed by atoms with Crippen molar-refractivity contribution < 1.29 is 14.6 Å². The van der Waals surface area contributed by atoms with Crippen LogP contribution in [0.3, 0.4) is 0 Å². The van der Waals surface area contributed by atoms with E-state index in [0.717, 1.165) is 12.8 Å². The number of carboxylic acids is 1. The number of methoxy groups -OCH3 is 1. The van der Waals surface area contributed by atoms with Crippen molar-refractivity contribution in [3.63, 3.8) is 0 Å². The summed E-state index contributed by atoms with van der Waals surface area (Å²) in [5.41, 5.74) is 2.34. The molecule has 1 aliphatic heterocycles. The van der Waals surface area contributed by atoms with Crippen LogP contribution in [0, 0.1) is 5.92 Å². The molecule has 19 heavy (non-hydrogen) atoms. The lowest BCUT2D eigenvalue weighted by Gasteiger charge is -2.16. The van der Waals surface area contributed by atoms with Crippen LogP contribution in [-0.2, 0) is 15.1 Å². The van der Waals surface area contributed by atoms with Crippen molar-refractivity contribution >= 4 is 5.97 Å². The van der Waals surface area contributed by atoms with Crippen LogP contribution in [-0.4, -0.2) is 24.7 Å². The maximum Gasteiger partial charge on any atom is 0.307 e. The largest absolute Gasteiger partial charge is 0.481 e. The Morgan fingerprint density at radius 3 is 2.53 bits per heavy atom. The molecule has 1 aromatic carbocycles. The van der Waals surface area contributed by atoms with Gasteiger partial charge in [-0.3, -0.25) is 4.79 Å². The van der Waals surface area contributed by atoms with Crippen LogP contribution in [0.15, 0.2) is 24.3 Å². The average molecular weight is 261 g/mol. The first-order valence-electron chi connectivity index (χ1n) is 6.76. The van der Waals surface area contributed by atoms with E-state index in [1.165, 1.54) is 11.1 Å². The van der Waals surface area contributed by atoms with Gasteiger partial charge in [-0.25, -0.2) is 0 Å². The Labute approximate surface area is 112 Å². The Kier molecular flexibility index (Phi) is 3.07. The molecular weight excluding hydrogens is 242 g/mol. The molecule has 1 saturated heterocycles. The van der Waals surface area contributed by atoms with E-state index in [9.17, 15) is 4.79 Å². The van der Waals surface area contributed by atoms with Gasteiger partial charge >= 0.3 is 5.97 Å². The molecule has 0 amide bonds. The third-order valence-electron chi connectivity index (χ3n) is 4.41. The summed E-state index contributed by atoms with van der Waals surface area (Å²) in [6.45, 7) is 0.559. The number of carboxylic acid groups (broad SMARTS) is 1. The topological polar surface area (TPSA) is 58.6 Å². The molecule has 0 radical (unpaired) electrons. The second kappa shape index (κ2) is 4.62. The lowest BCUT2D eigenvalue weighted by molar-refractivity contribution is -0.141. The lowest BCUT2D eigenvalue weighted by atomic mass is 9.98. The zero-order valence-corrected chi connectivity index (χ0v) is 11.1. The van der Waals surface area contributed by atoms with Gasteiger partial charge in [0, 0.05) is 19.7 Å². The number of hydrogen-bond donors (Lipinski definition) is 2. The molecule has 1 aliphatic carbocycles. The van der Waals surface area contributed by atoms with Crippen molar-refractivity contribution in [2.45, 2.75) is 30.9 Å². The molecular formula is C15H19NO3. The fraction of sp³-hybridized carbons (Fsp3) is 0.533. The number of benzene rings is 1. The highest BCUT2D eigenvalue weighted by Gasteiger charge is 2.44. The fourth-order valence-corrected chi connectivity index (χ4v) is 2.92. The first-order chi connectivity index (χ1) is 9.14. The van der Waals surface area contributed by atoms with E-state index < -0.39 is 5.97 Å². The molecule has 0 bridgehead atoms. The van der Waals surface area contributed by atoms with Gasteiger partial charge in [0.1, 0.15) is 0 Å². The number of nitrogens with one attached hydrogen (secondary N) is 1. The normalized spacial score (nSPS) is 28.3. The van der Waals surface area contributed by atoms with E-state index in [2.05, 4.69) is 29.6 Å². The summed E-state index contributed by atoms with van der Waals surface area (Å²) >= 11 is 0. The number of hydrogen-bond acceptors (Lipinski definition) is 3. The second-order valence-electron chi connectivity index (χ2n) is 5.55. The van der Waals surface area contributed by atoms with E-state index in [1.54, 1.807) is 7.11 Å². The lowest BCUT2D eigenvalue weighted by Crippen LogP contribution is -2.17. The molecule has 2 unspecified atom stereocenters. The molecule has 2 atom stereocenters. The van der Waals surface area contributed by atoms with Crippen LogP contribution < -0.4 is 5.32 Å². The minimum atomic E-state index is -0.706. The monoisotopic (exact) mass is 261 g/mol. The minimum absolute atomic E-state index is 0.0504. The summed E-state index contributed by atoms with van der Waals surface area (Å²) in [6, 6.07) is 8.57. The van der Waals surface area contributed by atoms with Gasteiger partial charge in [0.25, 0.3) is 0 Å².